The van der Waals surface area contributed by atoms with Gasteiger partial charge in [-0.3, -0.25) is 19.2 Å². The van der Waals surface area contributed by atoms with Gasteiger partial charge in [0, 0.05) is 5.92 Å². The quantitative estimate of drug-likeness (QED) is 0.358. The third-order valence-corrected chi connectivity index (χ3v) is 4.90. The number of methoxy groups -OCH3 is 4. The number of benzene rings is 2. The number of carbonyl (C=O) groups excluding carboxylic acids is 4. The first-order valence-corrected chi connectivity index (χ1v) is 9.35. The lowest BCUT2D eigenvalue weighted by molar-refractivity contribution is -0.159. The molecule has 0 spiro atoms. The van der Waals surface area contributed by atoms with Crippen LogP contribution in [0, 0.1) is 5.92 Å². The van der Waals surface area contributed by atoms with E-state index >= 15 is 0 Å². The Morgan fingerprint density at radius 1 is 0.548 bits per heavy atom. The highest BCUT2D eigenvalue weighted by atomic mass is 16.5. The van der Waals surface area contributed by atoms with E-state index in [1.807, 2.05) is 6.07 Å². The van der Waals surface area contributed by atoms with Crippen molar-refractivity contribution in [2.45, 2.75) is 11.8 Å². The Morgan fingerprint density at radius 2 is 0.935 bits per heavy atom. The summed E-state index contributed by atoms with van der Waals surface area (Å²) < 4.78 is 19.1. The second-order valence-corrected chi connectivity index (χ2v) is 6.56. The predicted octanol–water partition coefficient (Wildman–Crippen LogP) is 2.21. The number of esters is 4. The number of ether oxygens (including phenoxy) is 4. The minimum absolute atomic E-state index is 0.349. The molecule has 0 aliphatic heterocycles. The smallest absolute Gasteiger partial charge is 0.324 e. The van der Waals surface area contributed by atoms with Crippen LogP contribution in [0.15, 0.2) is 54.6 Å². The van der Waals surface area contributed by atoms with Crippen molar-refractivity contribution in [3.8, 4) is 0 Å². The molecule has 8 nitrogen and oxygen atoms in total. The third kappa shape index (κ3) is 5.28. The minimum atomic E-state index is -1.25. The summed E-state index contributed by atoms with van der Waals surface area (Å²) in [5, 5.41) is 0. The maximum absolute atomic E-state index is 12.5. The van der Waals surface area contributed by atoms with E-state index in [1.54, 1.807) is 48.5 Å². The van der Waals surface area contributed by atoms with Crippen LogP contribution in [0.4, 0.5) is 0 Å². The van der Waals surface area contributed by atoms with E-state index in [0.29, 0.717) is 16.7 Å². The summed E-state index contributed by atoms with van der Waals surface area (Å²) in [6, 6.07) is 15.3. The highest BCUT2D eigenvalue weighted by Crippen LogP contribution is 2.35. The van der Waals surface area contributed by atoms with E-state index in [0.717, 1.165) is 0 Å². The SMILES string of the molecule is COC(=O)C(C(=O)OC)c1ccc(C(c2ccccc2)C(C(=O)OC)C(=O)OC)cc1. The molecule has 0 heterocycles. The minimum Gasteiger partial charge on any atom is -0.468 e. The van der Waals surface area contributed by atoms with Gasteiger partial charge in [0.15, 0.2) is 11.8 Å². The van der Waals surface area contributed by atoms with E-state index in [1.165, 1.54) is 28.4 Å². The number of hydrogen-bond acceptors (Lipinski definition) is 8. The molecule has 0 bridgehead atoms. The third-order valence-electron chi connectivity index (χ3n) is 4.90. The van der Waals surface area contributed by atoms with Gasteiger partial charge in [0.1, 0.15) is 0 Å². The number of rotatable bonds is 8. The summed E-state index contributed by atoms with van der Waals surface area (Å²) in [7, 11) is 4.74. The molecule has 2 rings (SSSR count). The summed E-state index contributed by atoms with van der Waals surface area (Å²) in [5.74, 6) is -6.23. The molecular formula is C23H24O8. The normalized spacial score (nSPS) is 11.5. The maximum Gasteiger partial charge on any atom is 0.324 e. The molecule has 2 aromatic carbocycles. The Hall–Kier alpha value is -3.68. The van der Waals surface area contributed by atoms with Crippen LogP contribution in [0.3, 0.4) is 0 Å². The van der Waals surface area contributed by atoms with Gasteiger partial charge in [-0.05, 0) is 16.7 Å². The lowest BCUT2D eigenvalue weighted by Gasteiger charge is -2.25. The first-order valence-electron chi connectivity index (χ1n) is 9.35. The van der Waals surface area contributed by atoms with Gasteiger partial charge in [0.25, 0.3) is 0 Å². The largest absolute Gasteiger partial charge is 0.468 e. The van der Waals surface area contributed by atoms with Gasteiger partial charge < -0.3 is 18.9 Å². The monoisotopic (exact) mass is 428 g/mol. The zero-order valence-corrected chi connectivity index (χ0v) is 17.7. The van der Waals surface area contributed by atoms with Gasteiger partial charge in [0.2, 0.25) is 0 Å². The highest BCUT2D eigenvalue weighted by molar-refractivity contribution is 6.00. The van der Waals surface area contributed by atoms with Crippen molar-refractivity contribution in [3.63, 3.8) is 0 Å². The van der Waals surface area contributed by atoms with Crippen molar-refractivity contribution in [1.29, 1.82) is 0 Å². The average Bonchev–Trinajstić information content (AvgIpc) is 2.82. The van der Waals surface area contributed by atoms with Crippen LogP contribution in [0.2, 0.25) is 0 Å². The van der Waals surface area contributed by atoms with Crippen LogP contribution in [0.5, 0.6) is 0 Å². The first kappa shape index (κ1) is 23.6. The molecule has 0 amide bonds. The Morgan fingerprint density at radius 3 is 1.35 bits per heavy atom. The summed E-state index contributed by atoms with van der Waals surface area (Å²) in [6.45, 7) is 0. The molecule has 164 valence electrons. The average molecular weight is 428 g/mol. The molecule has 0 saturated carbocycles. The molecule has 0 aliphatic carbocycles. The molecule has 31 heavy (non-hydrogen) atoms. The highest BCUT2D eigenvalue weighted by Gasteiger charge is 2.39. The second kappa shape index (κ2) is 10.9. The Balaban J connectivity index is 2.57. The van der Waals surface area contributed by atoms with Crippen molar-refractivity contribution < 1.29 is 38.1 Å². The topological polar surface area (TPSA) is 105 Å². The van der Waals surface area contributed by atoms with Gasteiger partial charge >= 0.3 is 23.9 Å². The van der Waals surface area contributed by atoms with Crippen LogP contribution in [-0.2, 0) is 38.1 Å². The molecule has 0 saturated heterocycles. The Kier molecular flexibility index (Phi) is 8.31. The van der Waals surface area contributed by atoms with E-state index in [-0.39, 0.29) is 0 Å². The standard InChI is InChI=1S/C23H24O8/c1-28-20(24)18(21(25)29-2)16-12-10-15(11-13-16)17(14-8-6-5-7-9-14)19(22(26)30-3)23(27)31-4/h5-13,17-19H,1-4H3. The summed E-state index contributed by atoms with van der Waals surface area (Å²) in [6.07, 6.45) is 0. The van der Waals surface area contributed by atoms with Crippen molar-refractivity contribution in [1.82, 2.24) is 0 Å². The molecule has 1 atom stereocenters. The van der Waals surface area contributed by atoms with Crippen molar-refractivity contribution >= 4 is 23.9 Å². The lowest BCUT2D eigenvalue weighted by Crippen LogP contribution is -2.33. The molecule has 2 aromatic rings. The number of carbonyl (C=O) groups is 4. The molecule has 1 unspecified atom stereocenters. The van der Waals surface area contributed by atoms with Gasteiger partial charge in [-0.1, -0.05) is 54.6 Å². The van der Waals surface area contributed by atoms with Crippen molar-refractivity contribution in [2.75, 3.05) is 28.4 Å². The summed E-state index contributed by atoms with van der Waals surface area (Å²) in [5.41, 5.74) is 1.62. The zero-order valence-electron chi connectivity index (χ0n) is 17.7. The number of hydrogen-bond donors (Lipinski definition) is 0. The van der Waals surface area contributed by atoms with Gasteiger partial charge in [-0.2, -0.15) is 0 Å². The summed E-state index contributed by atoms with van der Waals surface area (Å²) in [4.78, 5) is 49.1. The van der Waals surface area contributed by atoms with Gasteiger partial charge in [-0.15, -0.1) is 0 Å². The molecular weight excluding hydrogens is 404 g/mol. The zero-order chi connectivity index (χ0) is 23.0. The fourth-order valence-corrected chi connectivity index (χ4v) is 3.36. The van der Waals surface area contributed by atoms with E-state index in [2.05, 4.69) is 0 Å². The Bertz CT molecular complexity index is 888. The predicted molar refractivity (Wildman–Crippen MR) is 109 cm³/mol. The van der Waals surface area contributed by atoms with Crippen LogP contribution in [0.1, 0.15) is 28.5 Å². The fraction of sp³-hybridized carbons (Fsp3) is 0.304. The summed E-state index contributed by atoms with van der Waals surface area (Å²) >= 11 is 0. The molecule has 0 radical (unpaired) electrons. The van der Waals surface area contributed by atoms with Gasteiger partial charge in [0.05, 0.1) is 28.4 Å². The van der Waals surface area contributed by atoms with E-state index < -0.39 is 41.6 Å². The van der Waals surface area contributed by atoms with Crippen LogP contribution >= 0.6 is 0 Å². The van der Waals surface area contributed by atoms with Crippen molar-refractivity contribution in [3.05, 3.63) is 71.3 Å². The molecule has 0 fully saturated rings. The fourth-order valence-electron chi connectivity index (χ4n) is 3.36. The lowest BCUT2D eigenvalue weighted by atomic mass is 9.80. The van der Waals surface area contributed by atoms with Crippen molar-refractivity contribution in [2.24, 2.45) is 5.92 Å². The Labute approximate surface area is 180 Å². The second-order valence-electron chi connectivity index (χ2n) is 6.56. The van der Waals surface area contributed by atoms with Crippen LogP contribution in [-0.4, -0.2) is 52.3 Å². The molecule has 0 aliphatic rings. The molecule has 0 N–H and O–H groups in total. The molecule has 8 heteroatoms. The van der Waals surface area contributed by atoms with Gasteiger partial charge in [-0.25, -0.2) is 0 Å². The van der Waals surface area contributed by atoms with Crippen LogP contribution in [0.25, 0.3) is 0 Å². The van der Waals surface area contributed by atoms with Crippen LogP contribution < -0.4 is 0 Å². The maximum atomic E-state index is 12.5. The molecule has 0 aromatic heterocycles. The van der Waals surface area contributed by atoms with E-state index in [9.17, 15) is 19.2 Å². The van der Waals surface area contributed by atoms with E-state index in [4.69, 9.17) is 18.9 Å². The first-order chi connectivity index (χ1) is 14.9.